The smallest absolute Gasteiger partial charge is 0.160 e. The molecule has 0 saturated carbocycles. The van der Waals surface area contributed by atoms with Crippen LogP contribution in [0.3, 0.4) is 0 Å². The number of rotatable bonds is 6. The van der Waals surface area contributed by atoms with Crippen LogP contribution in [-0.4, -0.2) is 25.4 Å². The van der Waals surface area contributed by atoms with Gasteiger partial charge in [-0.15, -0.1) is 0 Å². The lowest BCUT2D eigenvalue weighted by Gasteiger charge is -2.19. The number of hydrogen-bond acceptors (Lipinski definition) is 4. The highest BCUT2D eigenvalue weighted by Gasteiger charge is 2.15. The molecule has 106 valence electrons. The van der Waals surface area contributed by atoms with E-state index >= 15 is 0 Å². The number of nitrogens with two attached hydrogens (primary N) is 1. The lowest BCUT2D eigenvalue weighted by atomic mass is 9.99. The second kappa shape index (κ2) is 6.82. The molecule has 1 atom stereocenters. The van der Waals surface area contributed by atoms with Crippen molar-refractivity contribution >= 4 is 0 Å². The SMILES string of the molecule is COc1ccccc1C(CN)COc1ccccc1O. The first-order valence-electron chi connectivity index (χ1n) is 6.50. The molecule has 4 nitrogen and oxygen atoms in total. The number of hydrogen-bond donors (Lipinski definition) is 2. The van der Waals surface area contributed by atoms with E-state index in [0.29, 0.717) is 18.9 Å². The first-order chi connectivity index (χ1) is 9.76. The third-order valence-corrected chi connectivity index (χ3v) is 3.17. The molecule has 0 amide bonds. The summed E-state index contributed by atoms with van der Waals surface area (Å²) < 4.78 is 11.0. The quantitative estimate of drug-likeness (QED) is 0.849. The van der Waals surface area contributed by atoms with Crippen LogP contribution in [0.25, 0.3) is 0 Å². The maximum Gasteiger partial charge on any atom is 0.160 e. The minimum atomic E-state index is 0.00533. The fourth-order valence-electron chi connectivity index (χ4n) is 2.06. The standard InChI is InChI=1S/C16H19NO3/c1-19-15-8-4-2-6-13(15)12(10-17)11-20-16-9-5-3-7-14(16)18/h2-9,12,18H,10-11,17H2,1H3. The second-order valence-electron chi connectivity index (χ2n) is 4.45. The van der Waals surface area contributed by atoms with Gasteiger partial charge in [0, 0.05) is 18.0 Å². The van der Waals surface area contributed by atoms with Gasteiger partial charge in [0.25, 0.3) is 0 Å². The molecule has 20 heavy (non-hydrogen) atoms. The highest BCUT2D eigenvalue weighted by molar-refractivity contribution is 5.39. The van der Waals surface area contributed by atoms with Gasteiger partial charge in [-0.1, -0.05) is 30.3 Å². The molecular formula is C16H19NO3. The molecule has 0 heterocycles. The van der Waals surface area contributed by atoms with Crippen molar-refractivity contribution in [3.8, 4) is 17.2 Å². The van der Waals surface area contributed by atoms with E-state index in [2.05, 4.69) is 0 Å². The first kappa shape index (κ1) is 14.2. The number of phenolic OH excluding ortho intramolecular Hbond substituents is 1. The Kier molecular flexibility index (Phi) is 4.85. The van der Waals surface area contributed by atoms with Gasteiger partial charge in [0.05, 0.1) is 13.7 Å². The largest absolute Gasteiger partial charge is 0.504 e. The van der Waals surface area contributed by atoms with Crippen LogP contribution in [0, 0.1) is 0 Å². The first-order valence-corrected chi connectivity index (χ1v) is 6.50. The summed E-state index contributed by atoms with van der Waals surface area (Å²) in [6.07, 6.45) is 0. The molecule has 0 bridgehead atoms. The maximum absolute atomic E-state index is 9.69. The van der Waals surface area contributed by atoms with Crippen molar-refractivity contribution < 1.29 is 14.6 Å². The molecule has 2 rings (SSSR count). The number of aromatic hydroxyl groups is 1. The minimum absolute atomic E-state index is 0.00533. The summed E-state index contributed by atoms with van der Waals surface area (Å²) in [5.74, 6) is 1.39. The molecule has 0 aliphatic heterocycles. The van der Waals surface area contributed by atoms with Crippen molar-refractivity contribution in [1.82, 2.24) is 0 Å². The zero-order valence-corrected chi connectivity index (χ0v) is 11.5. The number of methoxy groups -OCH3 is 1. The lowest BCUT2D eigenvalue weighted by molar-refractivity contribution is 0.273. The van der Waals surface area contributed by atoms with E-state index in [0.717, 1.165) is 11.3 Å². The van der Waals surface area contributed by atoms with E-state index in [1.54, 1.807) is 25.3 Å². The molecule has 0 radical (unpaired) electrons. The van der Waals surface area contributed by atoms with Crippen molar-refractivity contribution in [2.75, 3.05) is 20.3 Å². The van der Waals surface area contributed by atoms with Crippen LogP contribution >= 0.6 is 0 Å². The Morgan fingerprint density at radius 3 is 2.35 bits per heavy atom. The minimum Gasteiger partial charge on any atom is -0.504 e. The topological polar surface area (TPSA) is 64.7 Å². The predicted molar refractivity (Wildman–Crippen MR) is 78.4 cm³/mol. The Balaban J connectivity index is 2.11. The number of phenols is 1. The van der Waals surface area contributed by atoms with Gasteiger partial charge in [0.2, 0.25) is 0 Å². The highest BCUT2D eigenvalue weighted by Crippen LogP contribution is 2.29. The predicted octanol–water partition coefficient (Wildman–Crippen LogP) is 2.52. The molecule has 0 aromatic heterocycles. The maximum atomic E-state index is 9.69. The van der Waals surface area contributed by atoms with Crippen molar-refractivity contribution in [1.29, 1.82) is 0 Å². The zero-order valence-electron chi connectivity index (χ0n) is 11.5. The number of ether oxygens (including phenoxy) is 2. The van der Waals surface area contributed by atoms with Gasteiger partial charge in [-0.25, -0.2) is 0 Å². The zero-order chi connectivity index (χ0) is 14.4. The molecule has 0 aliphatic rings. The summed E-state index contributed by atoms with van der Waals surface area (Å²) in [4.78, 5) is 0. The summed E-state index contributed by atoms with van der Waals surface area (Å²) >= 11 is 0. The second-order valence-corrected chi connectivity index (χ2v) is 4.45. The number of para-hydroxylation sites is 3. The van der Waals surface area contributed by atoms with Gasteiger partial charge in [0.15, 0.2) is 11.5 Å². The molecule has 0 spiro atoms. The molecule has 4 heteroatoms. The Morgan fingerprint density at radius 1 is 1.05 bits per heavy atom. The van der Waals surface area contributed by atoms with E-state index in [4.69, 9.17) is 15.2 Å². The van der Waals surface area contributed by atoms with Crippen LogP contribution in [0.5, 0.6) is 17.2 Å². The van der Waals surface area contributed by atoms with Crippen molar-refractivity contribution in [2.24, 2.45) is 5.73 Å². The molecule has 0 aliphatic carbocycles. The summed E-state index contributed by atoms with van der Waals surface area (Å²) in [5.41, 5.74) is 6.84. The summed E-state index contributed by atoms with van der Waals surface area (Å²) in [6.45, 7) is 0.822. The normalized spacial score (nSPS) is 11.9. The fourth-order valence-corrected chi connectivity index (χ4v) is 2.06. The summed E-state index contributed by atoms with van der Waals surface area (Å²) in [6, 6.07) is 14.6. The van der Waals surface area contributed by atoms with Gasteiger partial charge in [-0.3, -0.25) is 0 Å². The molecular weight excluding hydrogens is 254 g/mol. The van der Waals surface area contributed by atoms with E-state index < -0.39 is 0 Å². The van der Waals surface area contributed by atoms with Crippen molar-refractivity contribution in [3.05, 3.63) is 54.1 Å². The summed E-state index contributed by atoms with van der Waals surface area (Å²) in [7, 11) is 1.64. The Morgan fingerprint density at radius 2 is 1.70 bits per heavy atom. The van der Waals surface area contributed by atoms with Gasteiger partial charge >= 0.3 is 0 Å². The van der Waals surface area contributed by atoms with Crippen molar-refractivity contribution in [3.63, 3.8) is 0 Å². The van der Waals surface area contributed by atoms with Gasteiger partial charge < -0.3 is 20.3 Å². The third-order valence-electron chi connectivity index (χ3n) is 3.17. The van der Waals surface area contributed by atoms with Gasteiger partial charge in [0.1, 0.15) is 5.75 Å². The number of benzene rings is 2. The third kappa shape index (κ3) is 3.22. The lowest BCUT2D eigenvalue weighted by Crippen LogP contribution is -2.20. The van der Waals surface area contributed by atoms with E-state index in [-0.39, 0.29) is 11.7 Å². The van der Waals surface area contributed by atoms with Crippen LogP contribution in [0.1, 0.15) is 11.5 Å². The van der Waals surface area contributed by atoms with E-state index in [9.17, 15) is 5.11 Å². The molecule has 0 saturated heterocycles. The van der Waals surface area contributed by atoms with E-state index in [1.807, 2.05) is 30.3 Å². The average molecular weight is 273 g/mol. The Labute approximate surface area is 118 Å². The molecule has 0 fully saturated rings. The van der Waals surface area contributed by atoms with E-state index in [1.165, 1.54) is 0 Å². The average Bonchev–Trinajstić information content (AvgIpc) is 2.50. The van der Waals surface area contributed by atoms with Crippen molar-refractivity contribution in [2.45, 2.75) is 5.92 Å². The highest BCUT2D eigenvalue weighted by atomic mass is 16.5. The molecule has 1 unspecified atom stereocenters. The van der Waals surface area contributed by atoms with Gasteiger partial charge in [-0.2, -0.15) is 0 Å². The van der Waals surface area contributed by atoms with Crippen LogP contribution in [0.15, 0.2) is 48.5 Å². The molecule has 3 N–H and O–H groups in total. The summed E-state index contributed by atoms with van der Waals surface area (Å²) in [5, 5.41) is 9.69. The Hall–Kier alpha value is -2.20. The fraction of sp³-hybridized carbons (Fsp3) is 0.250. The van der Waals surface area contributed by atoms with Crippen LogP contribution in [0.4, 0.5) is 0 Å². The Bertz CT molecular complexity index is 557. The molecule has 2 aromatic carbocycles. The van der Waals surface area contributed by atoms with Crippen LogP contribution in [-0.2, 0) is 0 Å². The van der Waals surface area contributed by atoms with Gasteiger partial charge in [-0.05, 0) is 18.2 Å². The van der Waals surface area contributed by atoms with Crippen LogP contribution in [0.2, 0.25) is 0 Å². The van der Waals surface area contributed by atoms with Crippen LogP contribution < -0.4 is 15.2 Å². The monoisotopic (exact) mass is 273 g/mol. The molecule has 2 aromatic rings.